The molecule has 0 radical (unpaired) electrons. The number of pyridine rings is 1. The number of fused-ring (bicyclic) bond motifs is 4. The van der Waals surface area contributed by atoms with Crippen molar-refractivity contribution in [2.45, 2.75) is 78.6 Å². The summed E-state index contributed by atoms with van der Waals surface area (Å²) in [6.45, 7) is 21.2. The Morgan fingerprint density at radius 2 is 1.06 bits per heavy atom. The number of benzene rings is 7. The van der Waals surface area contributed by atoms with Crippen LogP contribution < -0.4 is 14.5 Å². The second kappa shape index (κ2) is 15.8. The first-order valence-corrected chi connectivity index (χ1v) is 22.9. The van der Waals surface area contributed by atoms with Gasteiger partial charge in [-0.25, -0.2) is 4.98 Å². The Balaban J connectivity index is 1.12. The van der Waals surface area contributed by atoms with Crippen LogP contribution in [0.2, 0.25) is 0 Å². The van der Waals surface area contributed by atoms with E-state index < -0.39 is 0 Å². The van der Waals surface area contributed by atoms with E-state index in [1.165, 1.54) is 28.1 Å². The highest BCUT2D eigenvalue weighted by Crippen LogP contribution is 2.48. The SMILES string of the molecule is CC(C)(C)c1cc(N2CN(c3cccc(Oc4cc5c(cc4-c4ccccc4-c4ccccc4)c4ccccc4n5-c4cc(C(C)(C)C)ccn4)c3)c3ccccc32)cc(C(C)(C)C)c1. The Bertz CT molecular complexity index is 3200. The van der Waals surface area contributed by atoms with Crippen LogP contribution in [0, 0.1) is 0 Å². The molecule has 9 aromatic rings. The zero-order valence-corrected chi connectivity index (χ0v) is 39.1. The molecule has 7 aromatic carbocycles. The molecule has 0 saturated carbocycles. The fraction of sp³-hybridized carbons (Fsp3) is 0.217. The summed E-state index contributed by atoms with van der Waals surface area (Å²) < 4.78 is 9.56. The summed E-state index contributed by atoms with van der Waals surface area (Å²) in [4.78, 5) is 9.86. The zero-order valence-electron chi connectivity index (χ0n) is 39.1. The second-order valence-electron chi connectivity index (χ2n) is 20.6. The molecule has 0 atom stereocenters. The average Bonchev–Trinajstić information content (AvgIpc) is 3.84. The monoisotopic (exact) mass is 850 g/mol. The Morgan fingerprint density at radius 3 is 1.75 bits per heavy atom. The summed E-state index contributed by atoms with van der Waals surface area (Å²) in [6.07, 6.45) is 1.94. The molecular formula is C60H58N4O. The van der Waals surface area contributed by atoms with Crippen LogP contribution in [0.1, 0.15) is 79.0 Å². The lowest BCUT2D eigenvalue weighted by Crippen LogP contribution is -2.25. The van der Waals surface area contributed by atoms with Gasteiger partial charge in [0.05, 0.1) is 22.4 Å². The highest BCUT2D eigenvalue weighted by molar-refractivity contribution is 6.11. The van der Waals surface area contributed by atoms with E-state index in [9.17, 15) is 0 Å². The van der Waals surface area contributed by atoms with Crippen molar-refractivity contribution >= 4 is 44.6 Å². The Labute approximate surface area is 384 Å². The summed E-state index contributed by atoms with van der Waals surface area (Å²) in [7, 11) is 0. The fourth-order valence-electron chi connectivity index (χ4n) is 9.26. The third kappa shape index (κ3) is 7.84. The van der Waals surface area contributed by atoms with Crippen LogP contribution in [-0.2, 0) is 16.2 Å². The minimum absolute atomic E-state index is 0.00538. The van der Waals surface area contributed by atoms with Gasteiger partial charge in [0.1, 0.15) is 24.0 Å². The van der Waals surface area contributed by atoms with E-state index in [0.29, 0.717) is 6.67 Å². The summed E-state index contributed by atoms with van der Waals surface area (Å²) in [6, 6.07) is 61.4. The fourth-order valence-corrected chi connectivity index (χ4v) is 9.26. The first-order chi connectivity index (χ1) is 31.1. The highest BCUT2D eigenvalue weighted by Gasteiger charge is 2.31. The lowest BCUT2D eigenvalue weighted by atomic mass is 9.80. The van der Waals surface area contributed by atoms with E-state index in [2.05, 4.69) is 247 Å². The van der Waals surface area contributed by atoms with Gasteiger partial charge in [0.15, 0.2) is 0 Å². The number of aromatic nitrogens is 2. The van der Waals surface area contributed by atoms with E-state index in [4.69, 9.17) is 9.72 Å². The standard InChI is InChI=1S/C60H58N4O/c1-58(2,3)41-30-31-61-57(35-41)64-52-27-16-15-26-49(52)50-37-51(48-25-14-13-24-47(48)40-20-11-10-12-21-40)56(38-55(50)64)65-46-23-19-22-44(36-46)62-39-63(54-29-18-17-28-53(54)62)45-33-42(59(4,5)6)32-43(34-45)60(7,8)9/h10-38H,39H2,1-9H3. The van der Waals surface area contributed by atoms with Crippen molar-refractivity contribution in [2.24, 2.45) is 0 Å². The molecule has 0 aliphatic carbocycles. The number of ether oxygens (including phenoxy) is 1. The quantitative estimate of drug-likeness (QED) is 0.160. The summed E-state index contributed by atoms with van der Waals surface area (Å²) >= 11 is 0. The van der Waals surface area contributed by atoms with Crippen molar-refractivity contribution in [2.75, 3.05) is 16.5 Å². The van der Waals surface area contributed by atoms with Crippen molar-refractivity contribution in [3.05, 3.63) is 193 Å². The van der Waals surface area contributed by atoms with Crippen LogP contribution in [-0.4, -0.2) is 16.2 Å². The van der Waals surface area contributed by atoms with Gasteiger partial charge in [0.25, 0.3) is 0 Å². The summed E-state index contributed by atoms with van der Waals surface area (Å²) in [5.74, 6) is 2.41. The molecule has 5 heteroatoms. The molecule has 0 amide bonds. The predicted molar refractivity (Wildman–Crippen MR) is 274 cm³/mol. The van der Waals surface area contributed by atoms with E-state index in [1.54, 1.807) is 0 Å². The zero-order chi connectivity index (χ0) is 45.3. The minimum atomic E-state index is -0.0389. The van der Waals surface area contributed by atoms with Crippen LogP contribution in [0.4, 0.5) is 22.7 Å². The van der Waals surface area contributed by atoms with Gasteiger partial charge in [0.2, 0.25) is 0 Å². The molecule has 0 saturated heterocycles. The number of hydrogen-bond acceptors (Lipinski definition) is 4. The first-order valence-electron chi connectivity index (χ1n) is 22.9. The third-order valence-corrected chi connectivity index (χ3v) is 13.0. The first kappa shape index (κ1) is 41.9. The van der Waals surface area contributed by atoms with Gasteiger partial charge in [-0.15, -0.1) is 0 Å². The second-order valence-corrected chi connectivity index (χ2v) is 20.6. The van der Waals surface area contributed by atoms with Crippen LogP contribution in [0.3, 0.4) is 0 Å². The van der Waals surface area contributed by atoms with E-state index in [1.807, 2.05) is 6.20 Å². The molecule has 10 rings (SSSR count). The van der Waals surface area contributed by atoms with Gasteiger partial charge in [-0.1, -0.05) is 159 Å². The highest BCUT2D eigenvalue weighted by atomic mass is 16.5. The molecule has 0 N–H and O–H groups in total. The molecule has 0 fully saturated rings. The normalized spacial score (nSPS) is 13.2. The molecule has 3 heterocycles. The van der Waals surface area contributed by atoms with E-state index in [0.717, 1.165) is 72.8 Å². The molecule has 65 heavy (non-hydrogen) atoms. The van der Waals surface area contributed by atoms with Crippen molar-refractivity contribution in [3.63, 3.8) is 0 Å². The van der Waals surface area contributed by atoms with Gasteiger partial charge in [-0.05, 0) is 110 Å². The summed E-state index contributed by atoms with van der Waals surface area (Å²) in [5, 5.41) is 2.30. The van der Waals surface area contributed by atoms with Gasteiger partial charge in [-0.2, -0.15) is 0 Å². The van der Waals surface area contributed by atoms with Gasteiger partial charge in [-0.3, -0.25) is 4.57 Å². The molecule has 5 nitrogen and oxygen atoms in total. The van der Waals surface area contributed by atoms with Crippen molar-refractivity contribution in [1.82, 2.24) is 9.55 Å². The smallest absolute Gasteiger partial charge is 0.137 e. The van der Waals surface area contributed by atoms with Crippen LogP contribution in [0.5, 0.6) is 11.5 Å². The molecule has 0 unspecified atom stereocenters. The van der Waals surface area contributed by atoms with E-state index in [-0.39, 0.29) is 16.2 Å². The maximum Gasteiger partial charge on any atom is 0.137 e. The molecule has 1 aliphatic rings. The van der Waals surface area contributed by atoms with Crippen LogP contribution >= 0.6 is 0 Å². The molecule has 0 spiro atoms. The largest absolute Gasteiger partial charge is 0.457 e. The number of anilines is 4. The topological polar surface area (TPSA) is 33.5 Å². The molecule has 2 aromatic heterocycles. The Hall–Kier alpha value is -7.11. The van der Waals surface area contributed by atoms with Gasteiger partial charge in [0, 0.05) is 46.0 Å². The molecule has 0 bridgehead atoms. The van der Waals surface area contributed by atoms with Gasteiger partial charge >= 0.3 is 0 Å². The van der Waals surface area contributed by atoms with Crippen LogP contribution in [0.25, 0.3) is 49.9 Å². The average molecular weight is 851 g/mol. The predicted octanol–water partition coefficient (Wildman–Crippen LogP) is 16.4. The number of para-hydroxylation sites is 3. The molecule has 1 aliphatic heterocycles. The lowest BCUT2D eigenvalue weighted by molar-refractivity contribution is 0.485. The number of nitrogens with zero attached hydrogens (tertiary/aromatic N) is 4. The minimum Gasteiger partial charge on any atom is -0.457 e. The maximum absolute atomic E-state index is 7.26. The lowest BCUT2D eigenvalue weighted by Gasteiger charge is -2.29. The Kier molecular flexibility index (Phi) is 10.2. The maximum atomic E-state index is 7.26. The van der Waals surface area contributed by atoms with Gasteiger partial charge < -0.3 is 14.5 Å². The number of rotatable bonds is 7. The van der Waals surface area contributed by atoms with Crippen LogP contribution in [0.15, 0.2) is 176 Å². The molecular weight excluding hydrogens is 793 g/mol. The Morgan fingerprint density at radius 1 is 0.446 bits per heavy atom. The third-order valence-electron chi connectivity index (χ3n) is 13.0. The molecule has 324 valence electrons. The van der Waals surface area contributed by atoms with Crippen molar-refractivity contribution < 1.29 is 4.74 Å². The number of hydrogen-bond donors (Lipinski definition) is 0. The van der Waals surface area contributed by atoms with Crippen molar-refractivity contribution in [1.29, 1.82) is 0 Å². The van der Waals surface area contributed by atoms with Crippen molar-refractivity contribution in [3.8, 4) is 39.6 Å². The van der Waals surface area contributed by atoms with E-state index >= 15 is 0 Å². The summed E-state index contributed by atoms with van der Waals surface area (Å²) in [5.41, 5.74) is 15.1.